The van der Waals surface area contributed by atoms with Gasteiger partial charge in [-0.3, -0.25) is 4.79 Å². The molecule has 0 radical (unpaired) electrons. The molecule has 1 fully saturated rings. The van der Waals surface area contributed by atoms with Crippen molar-refractivity contribution in [2.24, 2.45) is 11.0 Å². The van der Waals surface area contributed by atoms with Crippen LogP contribution < -0.4 is 14.9 Å². The average molecular weight is 389 g/mol. The van der Waals surface area contributed by atoms with E-state index in [1.807, 2.05) is 0 Å². The van der Waals surface area contributed by atoms with Gasteiger partial charge in [0, 0.05) is 0 Å². The normalized spacial score (nSPS) is 22.1. The summed E-state index contributed by atoms with van der Waals surface area (Å²) in [5.74, 6) is 0.289. The molecular weight excluding hydrogens is 376 g/mol. The second-order valence-corrected chi connectivity index (χ2v) is 8.15. The van der Waals surface area contributed by atoms with Crippen LogP contribution in [0.3, 0.4) is 0 Å². The Morgan fingerprint density at radius 3 is 2.95 bits per heavy atom. The first-order chi connectivity index (χ1) is 10.4. The lowest BCUT2D eigenvalue weighted by Gasteiger charge is -2.05. The number of rotatable bonds is 3. The lowest BCUT2D eigenvalue weighted by atomic mass is 10.1. The number of fused-ring (bicyclic) bond motifs is 1. The van der Waals surface area contributed by atoms with Crippen molar-refractivity contribution < 1.29 is 22.7 Å². The van der Waals surface area contributed by atoms with Crippen molar-refractivity contribution in [3.63, 3.8) is 0 Å². The van der Waals surface area contributed by atoms with E-state index >= 15 is 0 Å². The van der Waals surface area contributed by atoms with Crippen LogP contribution in [0.25, 0.3) is 0 Å². The van der Waals surface area contributed by atoms with Crippen LogP contribution in [-0.4, -0.2) is 38.8 Å². The Balaban J connectivity index is 1.63. The standard InChI is InChI=1S/C13H13BrN2O5S/c14-10-3-8(4-11-12(10)21-7-20-11)5-15-16-13(17)9-1-2-22(18,19)6-9/h3-5,9H,1-2,6-7H2,(H,16,17)/b15-5-/t9-/m0/s1. The third-order valence-electron chi connectivity index (χ3n) is 3.44. The van der Waals surface area contributed by atoms with E-state index in [9.17, 15) is 13.2 Å². The van der Waals surface area contributed by atoms with Crippen molar-refractivity contribution in [2.75, 3.05) is 18.3 Å². The fourth-order valence-corrected chi connectivity index (χ4v) is 4.64. The van der Waals surface area contributed by atoms with Crippen LogP contribution >= 0.6 is 15.9 Å². The van der Waals surface area contributed by atoms with E-state index in [-0.39, 0.29) is 24.2 Å². The highest BCUT2D eigenvalue weighted by Gasteiger charge is 2.32. The van der Waals surface area contributed by atoms with Gasteiger partial charge in [-0.2, -0.15) is 5.10 Å². The molecule has 1 N–H and O–H groups in total. The molecule has 1 atom stereocenters. The Morgan fingerprint density at radius 1 is 1.41 bits per heavy atom. The second kappa shape index (κ2) is 5.88. The minimum atomic E-state index is -3.08. The maximum Gasteiger partial charge on any atom is 0.244 e. The molecule has 22 heavy (non-hydrogen) atoms. The van der Waals surface area contributed by atoms with E-state index in [0.717, 1.165) is 10.0 Å². The molecule has 1 aromatic rings. The molecule has 0 saturated carbocycles. The SMILES string of the molecule is O=C(N/N=C\c1cc(Br)c2c(c1)OCO2)[C@H]1CCS(=O)(=O)C1. The molecule has 0 aromatic heterocycles. The minimum absolute atomic E-state index is 0.0594. The van der Waals surface area contributed by atoms with Gasteiger partial charge in [-0.1, -0.05) is 0 Å². The second-order valence-electron chi connectivity index (χ2n) is 5.07. The fourth-order valence-electron chi connectivity index (χ4n) is 2.33. The molecule has 2 aliphatic heterocycles. The number of hydrogen-bond donors (Lipinski definition) is 1. The van der Waals surface area contributed by atoms with Gasteiger partial charge < -0.3 is 9.47 Å². The van der Waals surface area contributed by atoms with Crippen LogP contribution in [0, 0.1) is 5.92 Å². The number of nitrogens with one attached hydrogen (secondary N) is 1. The maximum absolute atomic E-state index is 11.8. The van der Waals surface area contributed by atoms with Crippen molar-refractivity contribution in [1.29, 1.82) is 0 Å². The summed E-state index contributed by atoms with van der Waals surface area (Å²) in [6.07, 6.45) is 1.81. The molecule has 7 nitrogen and oxygen atoms in total. The zero-order chi connectivity index (χ0) is 15.7. The minimum Gasteiger partial charge on any atom is -0.454 e. The third kappa shape index (κ3) is 3.25. The van der Waals surface area contributed by atoms with E-state index in [1.54, 1.807) is 12.1 Å². The fraction of sp³-hybridized carbons (Fsp3) is 0.385. The molecule has 0 spiro atoms. The zero-order valence-electron chi connectivity index (χ0n) is 11.4. The number of nitrogens with zero attached hydrogens (tertiary/aromatic N) is 1. The molecule has 0 bridgehead atoms. The summed E-state index contributed by atoms with van der Waals surface area (Å²) in [5, 5.41) is 3.86. The third-order valence-corrected chi connectivity index (χ3v) is 5.80. The number of ether oxygens (including phenoxy) is 2. The van der Waals surface area contributed by atoms with Crippen molar-refractivity contribution in [3.8, 4) is 11.5 Å². The number of hydrazone groups is 1. The molecule has 9 heteroatoms. The molecule has 1 aromatic carbocycles. The van der Waals surface area contributed by atoms with Crippen molar-refractivity contribution in [3.05, 3.63) is 22.2 Å². The summed E-state index contributed by atoms with van der Waals surface area (Å²) in [6.45, 7) is 0.168. The van der Waals surface area contributed by atoms with E-state index in [2.05, 4.69) is 26.5 Å². The van der Waals surface area contributed by atoms with Crippen molar-refractivity contribution >= 4 is 37.9 Å². The summed E-state index contributed by atoms with van der Waals surface area (Å²) >= 11 is 3.36. The number of carbonyl (C=O) groups is 1. The highest BCUT2D eigenvalue weighted by atomic mass is 79.9. The van der Waals surface area contributed by atoms with Gasteiger partial charge in [0.1, 0.15) is 0 Å². The molecule has 0 unspecified atom stereocenters. The Bertz CT molecular complexity index is 747. The van der Waals surface area contributed by atoms with Gasteiger partial charge >= 0.3 is 0 Å². The first kappa shape index (κ1) is 15.3. The Hall–Kier alpha value is -1.61. The van der Waals surface area contributed by atoms with Crippen LogP contribution in [0.15, 0.2) is 21.7 Å². The first-order valence-electron chi connectivity index (χ1n) is 6.57. The van der Waals surface area contributed by atoms with E-state index in [4.69, 9.17) is 9.47 Å². The number of carbonyl (C=O) groups excluding carboxylic acids is 1. The van der Waals surface area contributed by atoms with Crippen LogP contribution in [0.5, 0.6) is 11.5 Å². The molecular formula is C13H13BrN2O5S. The van der Waals surface area contributed by atoms with Gasteiger partial charge in [0.25, 0.3) is 0 Å². The molecule has 3 rings (SSSR count). The molecule has 118 valence electrons. The quantitative estimate of drug-likeness (QED) is 0.617. The summed E-state index contributed by atoms with van der Waals surface area (Å²) in [5.41, 5.74) is 3.09. The summed E-state index contributed by atoms with van der Waals surface area (Å²) in [7, 11) is -3.08. The first-order valence-corrected chi connectivity index (χ1v) is 9.18. The summed E-state index contributed by atoms with van der Waals surface area (Å²) < 4.78 is 34.0. The van der Waals surface area contributed by atoms with E-state index in [0.29, 0.717) is 17.9 Å². The molecule has 2 aliphatic rings. The van der Waals surface area contributed by atoms with E-state index in [1.165, 1.54) is 6.21 Å². The Morgan fingerprint density at radius 2 is 2.23 bits per heavy atom. The Labute approximate surface area is 135 Å². The summed E-state index contributed by atoms with van der Waals surface area (Å²) in [4.78, 5) is 11.8. The number of sulfone groups is 1. The van der Waals surface area contributed by atoms with Gasteiger partial charge in [-0.25, -0.2) is 13.8 Å². The van der Waals surface area contributed by atoms with Crippen LogP contribution in [0.2, 0.25) is 0 Å². The molecule has 1 saturated heterocycles. The molecule has 2 heterocycles. The smallest absolute Gasteiger partial charge is 0.244 e. The largest absolute Gasteiger partial charge is 0.454 e. The highest BCUT2D eigenvalue weighted by molar-refractivity contribution is 9.10. The van der Waals surface area contributed by atoms with Crippen LogP contribution in [-0.2, 0) is 14.6 Å². The van der Waals surface area contributed by atoms with Gasteiger partial charge in [-0.05, 0) is 40.0 Å². The molecule has 0 aliphatic carbocycles. The van der Waals surface area contributed by atoms with Crippen molar-refractivity contribution in [2.45, 2.75) is 6.42 Å². The predicted octanol–water partition coefficient (Wildman–Crippen LogP) is 1.06. The number of hydrogen-bond acceptors (Lipinski definition) is 6. The van der Waals surface area contributed by atoms with Gasteiger partial charge in [0.2, 0.25) is 12.7 Å². The monoisotopic (exact) mass is 388 g/mol. The zero-order valence-corrected chi connectivity index (χ0v) is 13.8. The maximum atomic E-state index is 11.8. The predicted molar refractivity (Wildman–Crippen MR) is 82.8 cm³/mol. The van der Waals surface area contributed by atoms with Crippen molar-refractivity contribution in [1.82, 2.24) is 5.43 Å². The van der Waals surface area contributed by atoms with Gasteiger partial charge in [0.05, 0.1) is 28.1 Å². The Kier molecular flexibility index (Phi) is 4.09. The summed E-state index contributed by atoms with van der Waals surface area (Å²) in [6, 6.07) is 3.52. The lowest BCUT2D eigenvalue weighted by Crippen LogP contribution is -2.27. The number of benzene rings is 1. The molecule has 1 amide bonds. The average Bonchev–Trinajstić information content (AvgIpc) is 3.05. The number of amides is 1. The van der Waals surface area contributed by atoms with Gasteiger partial charge in [0.15, 0.2) is 21.3 Å². The van der Waals surface area contributed by atoms with E-state index < -0.39 is 15.8 Å². The number of halogens is 1. The van der Waals surface area contributed by atoms with Crippen LogP contribution in [0.1, 0.15) is 12.0 Å². The van der Waals surface area contributed by atoms with Crippen LogP contribution in [0.4, 0.5) is 0 Å². The van der Waals surface area contributed by atoms with Gasteiger partial charge in [-0.15, -0.1) is 0 Å². The topological polar surface area (TPSA) is 94.1 Å². The lowest BCUT2D eigenvalue weighted by molar-refractivity contribution is -0.124. The highest BCUT2D eigenvalue weighted by Crippen LogP contribution is 2.39.